The van der Waals surface area contributed by atoms with Gasteiger partial charge in [0.25, 0.3) is 0 Å². The van der Waals surface area contributed by atoms with Gasteiger partial charge in [0, 0.05) is 0 Å². The monoisotopic (exact) mass is 278 g/mol. The van der Waals surface area contributed by atoms with E-state index in [9.17, 15) is 17.6 Å². The Morgan fingerprint density at radius 3 is 2.05 bits per heavy atom. The Morgan fingerprint density at radius 1 is 0.900 bits per heavy atom. The molecular weight excluding hydrogens is 268 g/mol. The number of alkyl halides is 3. The maximum absolute atomic E-state index is 13.0. The molecule has 4 heteroatoms. The normalized spacial score (nSPS) is 10.8. The van der Waals surface area contributed by atoms with Crippen LogP contribution in [-0.2, 0) is 0 Å². The second kappa shape index (κ2) is 5.76. The van der Waals surface area contributed by atoms with Crippen LogP contribution in [-0.4, -0.2) is 6.18 Å². The predicted molar refractivity (Wildman–Crippen MR) is 70.3 cm³/mol. The zero-order valence-corrected chi connectivity index (χ0v) is 10.3. The fraction of sp³-hybridized carbons (Fsp3) is 0.0625. The molecule has 0 fully saturated rings. The van der Waals surface area contributed by atoms with Gasteiger partial charge >= 0.3 is 6.18 Å². The molecule has 0 nitrogen and oxygen atoms in total. The van der Waals surface area contributed by atoms with E-state index >= 15 is 0 Å². The Balaban J connectivity index is 2.49. The predicted octanol–water partition coefficient (Wildman–Crippen LogP) is 5.08. The molecule has 0 amide bonds. The van der Waals surface area contributed by atoms with Crippen molar-refractivity contribution < 1.29 is 17.6 Å². The van der Waals surface area contributed by atoms with Gasteiger partial charge in [-0.25, -0.2) is 4.39 Å². The Morgan fingerprint density at radius 2 is 1.50 bits per heavy atom. The lowest BCUT2D eigenvalue weighted by molar-refractivity contribution is -0.0687. The van der Waals surface area contributed by atoms with Crippen LogP contribution in [0.15, 0.2) is 60.3 Å². The summed E-state index contributed by atoms with van der Waals surface area (Å²) in [7, 11) is 0. The summed E-state index contributed by atoms with van der Waals surface area (Å²) in [5.41, 5.74) is 1.82. The van der Waals surface area contributed by atoms with Crippen LogP contribution in [0.3, 0.4) is 0 Å². The van der Waals surface area contributed by atoms with Crippen molar-refractivity contribution in [3.63, 3.8) is 0 Å². The van der Waals surface area contributed by atoms with Crippen molar-refractivity contribution in [3.8, 4) is 0 Å². The Bertz CT molecular complexity index is 630. The molecule has 2 aromatic carbocycles. The third-order valence-electron chi connectivity index (χ3n) is 2.60. The van der Waals surface area contributed by atoms with E-state index in [4.69, 9.17) is 0 Å². The van der Waals surface area contributed by atoms with Gasteiger partial charge in [0.15, 0.2) is 0 Å². The second-order valence-electron chi connectivity index (χ2n) is 4.08. The lowest BCUT2D eigenvalue weighted by Crippen LogP contribution is -2.09. The molecule has 102 valence electrons. The SMILES string of the molecule is Fc1ccc(C(=C=Cc2ccccc2)C(F)(F)F)cc1. The van der Waals surface area contributed by atoms with Gasteiger partial charge in [-0.3, -0.25) is 0 Å². The van der Waals surface area contributed by atoms with Gasteiger partial charge in [-0.15, -0.1) is 5.73 Å². The third kappa shape index (κ3) is 3.59. The van der Waals surface area contributed by atoms with Crippen LogP contribution in [0.25, 0.3) is 11.6 Å². The quantitative estimate of drug-likeness (QED) is 0.530. The molecule has 0 aliphatic heterocycles. The van der Waals surface area contributed by atoms with E-state index in [0.29, 0.717) is 5.56 Å². The fourth-order valence-electron chi connectivity index (χ4n) is 1.65. The van der Waals surface area contributed by atoms with E-state index < -0.39 is 17.6 Å². The van der Waals surface area contributed by atoms with Crippen molar-refractivity contribution in [2.45, 2.75) is 6.18 Å². The summed E-state index contributed by atoms with van der Waals surface area (Å²) in [6, 6.07) is 12.7. The van der Waals surface area contributed by atoms with Gasteiger partial charge in [-0.2, -0.15) is 13.2 Å². The summed E-state index contributed by atoms with van der Waals surface area (Å²) < 4.78 is 51.8. The van der Waals surface area contributed by atoms with Gasteiger partial charge in [-0.1, -0.05) is 42.5 Å². The van der Waals surface area contributed by atoms with Gasteiger partial charge in [0.2, 0.25) is 0 Å². The molecule has 2 rings (SSSR count). The molecule has 0 saturated heterocycles. The summed E-state index contributed by atoms with van der Waals surface area (Å²) in [6.45, 7) is 0. The molecule has 20 heavy (non-hydrogen) atoms. The van der Waals surface area contributed by atoms with Gasteiger partial charge in [0.1, 0.15) is 11.4 Å². The molecule has 0 unspecified atom stereocenters. The van der Waals surface area contributed by atoms with E-state index in [-0.39, 0.29) is 5.56 Å². The zero-order valence-electron chi connectivity index (χ0n) is 10.3. The van der Waals surface area contributed by atoms with Gasteiger partial charge in [-0.05, 0) is 29.3 Å². The number of hydrogen-bond donors (Lipinski definition) is 0. The first-order chi connectivity index (χ1) is 9.47. The average molecular weight is 278 g/mol. The molecule has 0 spiro atoms. The summed E-state index contributed by atoms with van der Waals surface area (Å²) >= 11 is 0. The Labute approximate surface area is 113 Å². The molecule has 0 N–H and O–H groups in total. The van der Waals surface area contributed by atoms with Crippen molar-refractivity contribution in [1.29, 1.82) is 0 Å². The molecule has 0 saturated carbocycles. The fourth-order valence-corrected chi connectivity index (χ4v) is 1.65. The number of benzene rings is 2. The number of halogens is 4. The van der Waals surface area contributed by atoms with E-state index in [0.717, 1.165) is 24.3 Å². The zero-order chi connectivity index (χ0) is 14.6. The highest BCUT2D eigenvalue weighted by Gasteiger charge is 2.34. The molecule has 0 radical (unpaired) electrons. The highest BCUT2D eigenvalue weighted by Crippen LogP contribution is 2.33. The van der Waals surface area contributed by atoms with Crippen LogP contribution in [0.1, 0.15) is 11.1 Å². The van der Waals surface area contributed by atoms with Crippen molar-refractivity contribution >= 4 is 11.6 Å². The van der Waals surface area contributed by atoms with Crippen LogP contribution in [0, 0.1) is 5.82 Å². The molecule has 2 aromatic rings. The number of hydrogen-bond acceptors (Lipinski definition) is 0. The maximum atomic E-state index is 13.0. The smallest absolute Gasteiger partial charge is 0.207 e. The molecule has 0 bridgehead atoms. The molecule has 0 aliphatic rings. The highest BCUT2D eigenvalue weighted by molar-refractivity contribution is 5.72. The van der Waals surface area contributed by atoms with Crippen LogP contribution >= 0.6 is 0 Å². The topological polar surface area (TPSA) is 0 Å². The van der Waals surface area contributed by atoms with Crippen LogP contribution in [0.2, 0.25) is 0 Å². The van der Waals surface area contributed by atoms with Crippen molar-refractivity contribution in [2.75, 3.05) is 0 Å². The van der Waals surface area contributed by atoms with Crippen molar-refractivity contribution in [3.05, 3.63) is 77.3 Å². The minimum Gasteiger partial charge on any atom is -0.207 e. The minimum atomic E-state index is -4.55. The highest BCUT2D eigenvalue weighted by atomic mass is 19.4. The Hall–Kier alpha value is -2.32. The third-order valence-corrected chi connectivity index (χ3v) is 2.60. The first-order valence-electron chi connectivity index (χ1n) is 5.82. The largest absolute Gasteiger partial charge is 0.424 e. The average Bonchev–Trinajstić information content (AvgIpc) is 2.41. The number of allylic oxidation sites excluding steroid dienone is 1. The number of rotatable bonds is 2. The van der Waals surface area contributed by atoms with Crippen LogP contribution < -0.4 is 0 Å². The molecule has 0 heterocycles. The van der Waals surface area contributed by atoms with E-state index in [2.05, 4.69) is 5.73 Å². The first kappa shape index (κ1) is 14.1. The molecule has 0 aromatic heterocycles. The van der Waals surface area contributed by atoms with Crippen molar-refractivity contribution in [2.24, 2.45) is 0 Å². The summed E-state index contributed by atoms with van der Waals surface area (Å²) in [5.74, 6) is -0.581. The second-order valence-corrected chi connectivity index (χ2v) is 4.08. The van der Waals surface area contributed by atoms with Gasteiger partial charge < -0.3 is 0 Å². The lowest BCUT2D eigenvalue weighted by Gasteiger charge is -2.09. The first-order valence-corrected chi connectivity index (χ1v) is 5.82. The van der Waals surface area contributed by atoms with Crippen LogP contribution in [0.5, 0.6) is 0 Å². The van der Waals surface area contributed by atoms with E-state index in [1.807, 2.05) is 0 Å². The lowest BCUT2D eigenvalue weighted by atomic mass is 10.1. The minimum absolute atomic E-state index is 0.119. The molecular formula is C16H10F4. The van der Waals surface area contributed by atoms with E-state index in [1.165, 1.54) is 6.08 Å². The Kier molecular flexibility index (Phi) is 4.06. The standard InChI is InChI=1S/C16H10F4/c17-14-9-7-13(8-10-14)15(16(18,19)20)11-6-12-4-2-1-3-5-12/h1-10H. The molecule has 0 aliphatic carbocycles. The molecule has 0 atom stereocenters. The van der Waals surface area contributed by atoms with E-state index in [1.54, 1.807) is 30.3 Å². The van der Waals surface area contributed by atoms with Crippen LogP contribution in [0.4, 0.5) is 17.6 Å². The maximum Gasteiger partial charge on any atom is 0.424 e. The van der Waals surface area contributed by atoms with Crippen molar-refractivity contribution in [1.82, 2.24) is 0 Å². The summed E-state index contributed by atoms with van der Waals surface area (Å²) in [4.78, 5) is 0. The summed E-state index contributed by atoms with van der Waals surface area (Å²) in [5, 5.41) is 0. The van der Waals surface area contributed by atoms with Gasteiger partial charge in [0.05, 0.1) is 0 Å². The summed E-state index contributed by atoms with van der Waals surface area (Å²) in [6.07, 6.45) is -3.30.